The fraction of sp³-hybridized carbons (Fsp3) is 0.111. The van der Waals surface area contributed by atoms with E-state index >= 15 is 0 Å². The summed E-state index contributed by atoms with van der Waals surface area (Å²) in [6.45, 7) is -0.113. The SMILES string of the molecule is NC[C@H](NC(=O)C=Cc1ccc(-c2ccccc2)cc1)C(=O)NO. The van der Waals surface area contributed by atoms with E-state index in [0.29, 0.717) is 0 Å². The van der Waals surface area contributed by atoms with E-state index in [-0.39, 0.29) is 6.54 Å². The van der Waals surface area contributed by atoms with Crippen LogP contribution in [-0.2, 0) is 9.59 Å². The lowest BCUT2D eigenvalue weighted by molar-refractivity contribution is -0.133. The van der Waals surface area contributed by atoms with Crippen molar-refractivity contribution < 1.29 is 14.8 Å². The third-order valence-electron chi connectivity index (χ3n) is 3.42. The lowest BCUT2D eigenvalue weighted by Crippen LogP contribution is -2.49. The molecule has 2 amide bonds. The zero-order chi connectivity index (χ0) is 17.4. The molecule has 2 aromatic rings. The van der Waals surface area contributed by atoms with Gasteiger partial charge in [0.25, 0.3) is 5.91 Å². The van der Waals surface area contributed by atoms with E-state index in [4.69, 9.17) is 10.9 Å². The quantitative estimate of drug-likeness (QED) is 0.365. The minimum atomic E-state index is -0.979. The molecule has 0 aliphatic carbocycles. The molecule has 0 aliphatic heterocycles. The van der Waals surface area contributed by atoms with Gasteiger partial charge in [-0.15, -0.1) is 0 Å². The Hall–Kier alpha value is -2.96. The predicted molar refractivity (Wildman–Crippen MR) is 91.8 cm³/mol. The van der Waals surface area contributed by atoms with Crippen LogP contribution in [0.4, 0.5) is 0 Å². The van der Waals surface area contributed by atoms with Crippen LogP contribution in [0.1, 0.15) is 5.56 Å². The van der Waals surface area contributed by atoms with Gasteiger partial charge in [-0.1, -0.05) is 54.6 Å². The van der Waals surface area contributed by atoms with Gasteiger partial charge in [0.15, 0.2) is 0 Å². The zero-order valence-corrected chi connectivity index (χ0v) is 13.0. The molecule has 5 N–H and O–H groups in total. The third-order valence-corrected chi connectivity index (χ3v) is 3.42. The zero-order valence-electron chi connectivity index (χ0n) is 13.0. The summed E-state index contributed by atoms with van der Waals surface area (Å²) in [5.74, 6) is -1.23. The normalized spacial score (nSPS) is 11.9. The second kappa shape index (κ2) is 8.61. The Morgan fingerprint density at radius 2 is 1.67 bits per heavy atom. The number of hydrogen-bond acceptors (Lipinski definition) is 4. The highest BCUT2D eigenvalue weighted by Gasteiger charge is 2.16. The molecule has 6 heteroatoms. The highest BCUT2D eigenvalue weighted by atomic mass is 16.5. The second-order valence-corrected chi connectivity index (χ2v) is 5.09. The van der Waals surface area contributed by atoms with Gasteiger partial charge in [0, 0.05) is 12.6 Å². The summed E-state index contributed by atoms with van der Waals surface area (Å²) >= 11 is 0. The highest BCUT2D eigenvalue weighted by molar-refractivity contribution is 5.95. The molecule has 0 bridgehead atoms. The summed E-state index contributed by atoms with van der Waals surface area (Å²) in [6.07, 6.45) is 2.94. The summed E-state index contributed by atoms with van der Waals surface area (Å²) in [5.41, 5.74) is 9.87. The highest BCUT2D eigenvalue weighted by Crippen LogP contribution is 2.19. The number of amides is 2. The summed E-state index contributed by atoms with van der Waals surface area (Å²) in [7, 11) is 0. The summed E-state index contributed by atoms with van der Waals surface area (Å²) in [4.78, 5) is 23.0. The van der Waals surface area contributed by atoms with Gasteiger partial charge < -0.3 is 11.1 Å². The fourth-order valence-corrected chi connectivity index (χ4v) is 2.12. The van der Waals surface area contributed by atoms with Crippen molar-refractivity contribution in [2.45, 2.75) is 6.04 Å². The van der Waals surface area contributed by atoms with E-state index in [1.165, 1.54) is 11.6 Å². The molecule has 124 valence electrons. The maximum Gasteiger partial charge on any atom is 0.267 e. The predicted octanol–water partition coefficient (Wildman–Crippen LogP) is 1.32. The van der Waals surface area contributed by atoms with E-state index in [1.54, 1.807) is 6.08 Å². The first kappa shape index (κ1) is 17.4. The lowest BCUT2D eigenvalue weighted by Gasteiger charge is -2.12. The molecule has 1 atom stereocenters. The van der Waals surface area contributed by atoms with Gasteiger partial charge in [-0.2, -0.15) is 0 Å². The number of benzene rings is 2. The second-order valence-electron chi connectivity index (χ2n) is 5.09. The topological polar surface area (TPSA) is 104 Å². The fourth-order valence-electron chi connectivity index (χ4n) is 2.12. The van der Waals surface area contributed by atoms with Gasteiger partial charge in [0.05, 0.1) is 0 Å². The average Bonchev–Trinajstić information content (AvgIpc) is 2.65. The molecule has 0 aliphatic rings. The monoisotopic (exact) mass is 325 g/mol. The van der Waals surface area contributed by atoms with Gasteiger partial charge in [-0.3, -0.25) is 14.8 Å². The molecule has 0 saturated carbocycles. The van der Waals surface area contributed by atoms with Gasteiger partial charge in [0.1, 0.15) is 6.04 Å². The van der Waals surface area contributed by atoms with Crippen molar-refractivity contribution >= 4 is 17.9 Å². The first-order valence-corrected chi connectivity index (χ1v) is 7.42. The van der Waals surface area contributed by atoms with Gasteiger partial charge in [-0.05, 0) is 22.8 Å². The van der Waals surface area contributed by atoms with Crippen LogP contribution in [0.15, 0.2) is 60.7 Å². The van der Waals surface area contributed by atoms with Crippen molar-refractivity contribution in [2.24, 2.45) is 5.73 Å². The molecule has 0 radical (unpaired) electrons. The number of hydroxylamine groups is 1. The summed E-state index contributed by atoms with van der Waals surface area (Å²) < 4.78 is 0. The average molecular weight is 325 g/mol. The van der Waals surface area contributed by atoms with E-state index in [2.05, 4.69) is 5.32 Å². The van der Waals surface area contributed by atoms with Crippen LogP contribution in [-0.4, -0.2) is 29.6 Å². The lowest BCUT2D eigenvalue weighted by atomic mass is 10.0. The molecule has 6 nitrogen and oxygen atoms in total. The number of carbonyl (C=O) groups excluding carboxylic acids is 2. The molecule has 24 heavy (non-hydrogen) atoms. The molecule has 0 unspecified atom stereocenters. The number of nitrogens with two attached hydrogens (primary N) is 1. The maximum absolute atomic E-state index is 11.8. The first-order valence-electron chi connectivity index (χ1n) is 7.42. The van der Waals surface area contributed by atoms with E-state index in [1.807, 2.05) is 54.6 Å². The Balaban J connectivity index is 1.99. The minimum Gasteiger partial charge on any atom is -0.339 e. The van der Waals surface area contributed by atoms with Crippen LogP contribution >= 0.6 is 0 Å². The van der Waals surface area contributed by atoms with Crippen LogP contribution in [0.5, 0.6) is 0 Å². The van der Waals surface area contributed by atoms with Crippen LogP contribution in [0, 0.1) is 0 Å². The van der Waals surface area contributed by atoms with E-state index in [9.17, 15) is 9.59 Å². The van der Waals surface area contributed by atoms with Crippen molar-refractivity contribution in [1.29, 1.82) is 0 Å². The smallest absolute Gasteiger partial charge is 0.267 e. The molecule has 0 fully saturated rings. The molecule has 0 saturated heterocycles. The van der Waals surface area contributed by atoms with Crippen molar-refractivity contribution in [3.63, 3.8) is 0 Å². The Morgan fingerprint density at radius 1 is 1.04 bits per heavy atom. The van der Waals surface area contributed by atoms with E-state index in [0.717, 1.165) is 16.7 Å². The van der Waals surface area contributed by atoms with Crippen molar-refractivity contribution in [2.75, 3.05) is 6.54 Å². The molecule has 0 aromatic heterocycles. The Labute approximate surface area is 139 Å². The standard InChI is InChI=1S/C18H19N3O3/c19-12-16(18(23)21-24)20-17(22)11-8-13-6-9-15(10-7-13)14-4-2-1-3-5-14/h1-11,16,24H,12,19H2,(H,20,22)(H,21,23)/t16-/m0/s1. The Kier molecular flexibility index (Phi) is 6.24. The van der Waals surface area contributed by atoms with Gasteiger partial charge in [-0.25, -0.2) is 5.48 Å². The minimum absolute atomic E-state index is 0.113. The number of hydrogen-bond donors (Lipinski definition) is 4. The molecule has 2 rings (SSSR count). The molecule has 0 heterocycles. The molecular weight excluding hydrogens is 306 g/mol. The third kappa shape index (κ3) is 4.77. The van der Waals surface area contributed by atoms with Crippen LogP contribution in [0.25, 0.3) is 17.2 Å². The summed E-state index contributed by atoms with van der Waals surface area (Å²) in [6, 6.07) is 16.7. The van der Waals surface area contributed by atoms with Crippen LogP contribution < -0.4 is 16.5 Å². The summed E-state index contributed by atoms with van der Waals surface area (Å²) in [5, 5.41) is 11.0. The first-order chi connectivity index (χ1) is 11.6. The molecular formula is C18H19N3O3. The van der Waals surface area contributed by atoms with Gasteiger partial charge in [0.2, 0.25) is 5.91 Å². The van der Waals surface area contributed by atoms with Crippen LogP contribution in [0.2, 0.25) is 0 Å². The van der Waals surface area contributed by atoms with Crippen molar-refractivity contribution in [3.8, 4) is 11.1 Å². The number of nitrogens with one attached hydrogen (secondary N) is 2. The van der Waals surface area contributed by atoms with Crippen molar-refractivity contribution in [3.05, 3.63) is 66.2 Å². The number of carbonyl (C=O) groups is 2. The largest absolute Gasteiger partial charge is 0.339 e. The molecule has 0 spiro atoms. The maximum atomic E-state index is 11.8. The van der Waals surface area contributed by atoms with Crippen LogP contribution in [0.3, 0.4) is 0 Å². The Morgan fingerprint density at radius 3 is 2.25 bits per heavy atom. The molecule has 2 aromatic carbocycles. The van der Waals surface area contributed by atoms with Gasteiger partial charge >= 0.3 is 0 Å². The van der Waals surface area contributed by atoms with E-state index < -0.39 is 17.9 Å². The number of rotatable bonds is 6. The Bertz CT molecular complexity index is 712. The van der Waals surface area contributed by atoms with Crippen molar-refractivity contribution in [1.82, 2.24) is 10.8 Å².